The van der Waals surface area contributed by atoms with Gasteiger partial charge in [0.05, 0.1) is 5.39 Å². The van der Waals surface area contributed by atoms with Gasteiger partial charge in [0.15, 0.2) is 0 Å². The minimum Gasteiger partial charge on any atom is -0.477 e. The molecule has 0 bridgehead atoms. The average Bonchev–Trinajstić information content (AvgIpc) is 2.91. The van der Waals surface area contributed by atoms with Crippen LogP contribution in [0, 0.1) is 6.92 Å². The topological polar surface area (TPSA) is 92.3 Å². The van der Waals surface area contributed by atoms with E-state index < -0.39 is 18.1 Å². The van der Waals surface area contributed by atoms with Crippen molar-refractivity contribution in [2.24, 2.45) is 0 Å². The first-order valence-corrected chi connectivity index (χ1v) is 8.16. The minimum absolute atomic E-state index is 0.0420. The minimum atomic E-state index is -2.89. The maximum Gasteiger partial charge on any atom is 0.387 e. The Morgan fingerprint density at radius 2 is 2.00 bits per heavy atom. The van der Waals surface area contributed by atoms with Crippen molar-refractivity contribution < 1.29 is 23.4 Å². The van der Waals surface area contributed by atoms with E-state index in [9.17, 15) is 18.4 Å². The molecule has 134 valence electrons. The number of aromatic amines is 1. The number of H-pyrrole nitrogens is 1. The van der Waals surface area contributed by atoms with Crippen molar-refractivity contribution in [1.82, 2.24) is 9.97 Å². The van der Waals surface area contributed by atoms with Gasteiger partial charge in [-0.2, -0.15) is 8.78 Å². The van der Waals surface area contributed by atoms with Crippen LogP contribution >= 0.6 is 11.3 Å². The summed E-state index contributed by atoms with van der Waals surface area (Å²) < 4.78 is 28.5. The lowest BCUT2D eigenvalue weighted by Crippen LogP contribution is -2.09. The molecule has 3 aromatic rings. The van der Waals surface area contributed by atoms with Crippen molar-refractivity contribution in [3.05, 3.63) is 56.4 Å². The van der Waals surface area contributed by atoms with Gasteiger partial charge in [0.2, 0.25) is 0 Å². The van der Waals surface area contributed by atoms with E-state index in [4.69, 9.17) is 5.11 Å². The molecule has 0 spiro atoms. The van der Waals surface area contributed by atoms with Gasteiger partial charge >= 0.3 is 12.6 Å². The van der Waals surface area contributed by atoms with Crippen molar-refractivity contribution in [2.75, 3.05) is 0 Å². The molecule has 0 radical (unpaired) electrons. The molecule has 0 unspecified atom stereocenters. The number of carboxylic acid groups (broad SMARTS) is 1. The number of nitrogens with one attached hydrogen (secondary N) is 1. The summed E-state index contributed by atoms with van der Waals surface area (Å²) in [6, 6.07) is 5.94. The molecule has 0 saturated heterocycles. The van der Waals surface area contributed by atoms with Gasteiger partial charge in [0.1, 0.15) is 21.3 Å². The van der Waals surface area contributed by atoms with Gasteiger partial charge in [0.25, 0.3) is 5.56 Å². The quantitative estimate of drug-likeness (QED) is 0.705. The lowest BCUT2D eigenvalue weighted by molar-refractivity contribution is -0.0498. The van der Waals surface area contributed by atoms with E-state index in [1.807, 2.05) is 0 Å². The zero-order chi connectivity index (χ0) is 18.8. The molecule has 2 N–H and O–H groups in total. The third-order valence-corrected chi connectivity index (χ3v) is 4.73. The third kappa shape index (κ3) is 3.62. The molecular formula is C17H12F2N2O4S. The van der Waals surface area contributed by atoms with Crippen molar-refractivity contribution in [3.63, 3.8) is 0 Å². The van der Waals surface area contributed by atoms with Crippen LogP contribution in [0.2, 0.25) is 0 Å². The normalized spacial score (nSPS) is 11.5. The number of hydrogen-bond acceptors (Lipinski definition) is 5. The first-order valence-electron chi connectivity index (χ1n) is 7.35. The number of rotatable bonds is 5. The fourth-order valence-electron chi connectivity index (χ4n) is 2.38. The Morgan fingerprint density at radius 3 is 2.62 bits per heavy atom. The van der Waals surface area contributed by atoms with Crippen LogP contribution in [-0.4, -0.2) is 27.7 Å². The number of carbonyl (C=O) groups is 1. The molecule has 2 heterocycles. The predicted molar refractivity (Wildman–Crippen MR) is 93.9 cm³/mol. The fourth-order valence-corrected chi connectivity index (χ4v) is 3.41. The maximum absolute atomic E-state index is 12.2. The lowest BCUT2D eigenvalue weighted by atomic mass is 10.2. The highest BCUT2D eigenvalue weighted by atomic mass is 32.1. The summed E-state index contributed by atoms with van der Waals surface area (Å²) in [5.41, 5.74) is 0.649. The standard InChI is InChI=1S/C17H12F2N2O4S/c1-8-12-14(22)20-11(21-15(12)26-13(8)16(23)24)7-4-9-2-5-10(6-3-9)25-17(18)19/h2-7,17H,1H3,(H,23,24)(H,20,21,22)/b7-4+. The maximum atomic E-state index is 12.2. The Kier molecular flexibility index (Phi) is 4.81. The van der Waals surface area contributed by atoms with Gasteiger partial charge in [-0.05, 0) is 36.3 Å². The van der Waals surface area contributed by atoms with E-state index in [2.05, 4.69) is 14.7 Å². The summed E-state index contributed by atoms with van der Waals surface area (Å²) in [4.78, 5) is 30.7. The number of hydrogen-bond donors (Lipinski definition) is 2. The summed E-state index contributed by atoms with van der Waals surface area (Å²) in [5.74, 6) is -0.804. The summed E-state index contributed by atoms with van der Waals surface area (Å²) in [6.45, 7) is -1.32. The molecule has 9 heteroatoms. The Morgan fingerprint density at radius 1 is 1.31 bits per heavy atom. The van der Waals surface area contributed by atoms with Gasteiger partial charge in [-0.15, -0.1) is 11.3 Å². The van der Waals surface area contributed by atoms with Crippen LogP contribution < -0.4 is 10.3 Å². The average molecular weight is 378 g/mol. The Hall–Kier alpha value is -3.07. The molecule has 3 rings (SSSR count). The number of benzene rings is 1. The molecule has 0 aliphatic carbocycles. The predicted octanol–water partition coefficient (Wildman–Crippen LogP) is 3.76. The molecule has 0 fully saturated rings. The molecule has 0 aliphatic heterocycles. The van der Waals surface area contributed by atoms with E-state index in [0.717, 1.165) is 11.3 Å². The van der Waals surface area contributed by atoms with Crippen LogP contribution in [-0.2, 0) is 0 Å². The number of aromatic nitrogens is 2. The van der Waals surface area contributed by atoms with Gasteiger partial charge in [-0.25, -0.2) is 9.78 Å². The number of aryl methyl sites for hydroxylation is 1. The smallest absolute Gasteiger partial charge is 0.387 e. The van der Waals surface area contributed by atoms with E-state index >= 15 is 0 Å². The number of ether oxygens (including phenoxy) is 1. The highest BCUT2D eigenvalue weighted by Gasteiger charge is 2.18. The molecular weight excluding hydrogens is 366 g/mol. The molecule has 2 aromatic heterocycles. The number of fused-ring (bicyclic) bond motifs is 1. The Labute approximate surface area is 149 Å². The van der Waals surface area contributed by atoms with Crippen LogP contribution in [0.4, 0.5) is 8.78 Å². The van der Waals surface area contributed by atoms with E-state index in [-0.39, 0.29) is 21.8 Å². The van der Waals surface area contributed by atoms with Gasteiger partial charge in [0, 0.05) is 0 Å². The third-order valence-electron chi connectivity index (χ3n) is 3.55. The van der Waals surface area contributed by atoms with Crippen LogP contribution in [0.5, 0.6) is 5.75 Å². The fraction of sp³-hybridized carbons (Fsp3) is 0.118. The lowest BCUT2D eigenvalue weighted by Gasteiger charge is -2.03. The van der Waals surface area contributed by atoms with Gasteiger partial charge in [-0.1, -0.05) is 18.2 Å². The number of aromatic carboxylic acids is 1. The summed E-state index contributed by atoms with van der Waals surface area (Å²) in [5, 5.41) is 9.42. The Balaban J connectivity index is 1.90. The van der Waals surface area contributed by atoms with Crippen LogP contribution in [0.25, 0.3) is 22.4 Å². The number of thiophene rings is 1. The highest BCUT2D eigenvalue weighted by molar-refractivity contribution is 7.20. The molecule has 26 heavy (non-hydrogen) atoms. The van der Waals surface area contributed by atoms with Crippen molar-refractivity contribution in [1.29, 1.82) is 0 Å². The second kappa shape index (κ2) is 7.04. The first kappa shape index (κ1) is 17.7. The zero-order valence-corrected chi connectivity index (χ0v) is 14.1. The summed E-state index contributed by atoms with van der Waals surface area (Å²) in [7, 11) is 0. The largest absolute Gasteiger partial charge is 0.477 e. The van der Waals surface area contributed by atoms with Crippen LogP contribution in [0.3, 0.4) is 0 Å². The molecule has 1 aromatic carbocycles. The van der Waals surface area contributed by atoms with E-state index in [1.165, 1.54) is 12.1 Å². The van der Waals surface area contributed by atoms with Crippen molar-refractivity contribution >= 4 is 39.7 Å². The molecule has 0 atom stereocenters. The molecule has 0 saturated carbocycles. The summed E-state index contributed by atoms with van der Waals surface area (Å²) in [6.07, 6.45) is 3.17. The number of nitrogens with zero attached hydrogens (tertiary/aromatic N) is 1. The SMILES string of the molecule is Cc1c(C(=O)O)sc2nc(/C=C/c3ccc(OC(F)F)cc3)[nH]c(=O)c12. The van der Waals surface area contributed by atoms with E-state index in [0.29, 0.717) is 16.0 Å². The van der Waals surface area contributed by atoms with E-state index in [1.54, 1.807) is 31.2 Å². The second-order valence-corrected chi connectivity index (χ2v) is 6.27. The number of halogens is 2. The zero-order valence-electron chi connectivity index (χ0n) is 13.3. The first-order chi connectivity index (χ1) is 12.3. The summed E-state index contributed by atoms with van der Waals surface area (Å²) >= 11 is 0.938. The Bertz CT molecular complexity index is 1060. The van der Waals surface area contributed by atoms with Crippen LogP contribution in [0.15, 0.2) is 29.1 Å². The molecule has 0 amide bonds. The highest BCUT2D eigenvalue weighted by Crippen LogP contribution is 2.27. The van der Waals surface area contributed by atoms with Crippen LogP contribution in [0.1, 0.15) is 26.6 Å². The monoisotopic (exact) mass is 378 g/mol. The second-order valence-electron chi connectivity index (χ2n) is 5.27. The number of carboxylic acids is 1. The van der Waals surface area contributed by atoms with Crippen molar-refractivity contribution in [2.45, 2.75) is 13.5 Å². The molecule has 6 nitrogen and oxygen atoms in total. The van der Waals surface area contributed by atoms with Crippen molar-refractivity contribution in [3.8, 4) is 5.75 Å². The number of alkyl halides is 2. The van der Waals surface area contributed by atoms with Gasteiger partial charge < -0.3 is 14.8 Å². The van der Waals surface area contributed by atoms with Gasteiger partial charge in [-0.3, -0.25) is 4.79 Å². The molecule has 0 aliphatic rings.